The summed E-state index contributed by atoms with van der Waals surface area (Å²) in [5.74, 6) is 0. The van der Waals surface area contributed by atoms with Crippen LogP contribution in [0.4, 0.5) is 0 Å². The number of benzene rings is 2. The second-order valence-corrected chi connectivity index (χ2v) is 6.60. The van der Waals surface area contributed by atoms with E-state index in [9.17, 15) is 0 Å². The molecule has 3 aromatic rings. The molecule has 0 unspecified atom stereocenters. The zero-order valence-corrected chi connectivity index (χ0v) is 11.8. The molecule has 0 saturated heterocycles. The Kier molecular flexibility index (Phi) is 3.23. The van der Waals surface area contributed by atoms with Crippen molar-refractivity contribution < 1.29 is 5.11 Å². The van der Waals surface area contributed by atoms with Crippen LogP contribution < -0.4 is 0 Å². The number of rotatable bonds is 2. The first kappa shape index (κ1) is 12.2. The first-order chi connectivity index (χ1) is 9.30. The molecule has 0 aliphatic rings. The fraction of sp³-hybridized carbons (Fsp3) is 0.0625. The zero-order valence-electron chi connectivity index (χ0n) is 10.1. The summed E-state index contributed by atoms with van der Waals surface area (Å²) in [4.78, 5) is 0. The van der Waals surface area contributed by atoms with Gasteiger partial charge in [-0.1, -0.05) is 0 Å². The molecule has 3 rings (SSSR count). The third-order valence-electron chi connectivity index (χ3n) is 3.07. The van der Waals surface area contributed by atoms with Crippen LogP contribution in [0.25, 0.3) is 19.6 Å². The van der Waals surface area contributed by atoms with E-state index in [4.69, 9.17) is 10.4 Å². The number of nitriles is 1. The van der Waals surface area contributed by atoms with E-state index in [2.05, 4.69) is 24.3 Å². The van der Waals surface area contributed by atoms with Crippen LogP contribution in [0.3, 0.4) is 0 Å². The first-order valence-electron chi connectivity index (χ1n) is 5.94. The average molecular weight is 312 g/mol. The van der Waals surface area contributed by atoms with E-state index in [0.717, 1.165) is 5.56 Å². The van der Waals surface area contributed by atoms with Gasteiger partial charge in [0, 0.05) is 0 Å². The molecular formula is C16H11NOSe. The predicted octanol–water partition coefficient (Wildman–Crippen LogP) is 2.93. The molecule has 1 aromatic heterocycles. The van der Waals surface area contributed by atoms with E-state index in [1.807, 2.05) is 30.3 Å². The van der Waals surface area contributed by atoms with Crippen LogP contribution in [-0.2, 0) is 6.61 Å². The van der Waals surface area contributed by atoms with Crippen molar-refractivity contribution in [2.45, 2.75) is 6.61 Å². The van der Waals surface area contributed by atoms with Gasteiger partial charge >= 0.3 is 117 Å². The van der Waals surface area contributed by atoms with Crippen LogP contribution in [-0.4, -0.2) is 19.6 Å². The first-order valence-corrected chi connectivity index (χ1v) is 7.65. The van der Waals surface area contributed by atoms with Gasteiger partial charge in [0.25, 0.3) is 0 Å². The third kappa shape index (κ3) is 2.34. The Balaban J connectivity index is 2.07. The summed E-state index contributed by atoms with van der Waals surface area (Å²) in [6.07, 6.45) is 0. The maximum atomic E-state index is 9.17. The Labute approximate surface area is 117 Å². The normalized spacial score (nSPS) is 10.5. The summed E-state index contributed by atoms with van der Waals surface area (Å²) in [5, 5.41) is 19.2. The molecule has 0 bridgehead atoms. The van der Waals surface area contributed by atoms with Crippen molar-refractivity contribution in [3.05, 3.63) is 59.7 Å². The third-order valence-corrected chi connectivity index (χ3v) is 5.47. The summed E-state index contributed by atoms with van der Waals surface area (Å²) in [6, 6.07) is 18.2. The summed E-state index contributed by atoms with van der Waals surface area (Å²) in [5.41, 5.74) is 2.84. The van der Waals surface area contributed by atoms with Crippen molar-refractivity contribution in [3.8, 4) is 16.1 Å². The summed E-state index contributed by atoms with van der Waals surface area (Å²) < 4.78 is 2.64. The van der Waals surface area contributed by atoms with Gasteiger partial charge in [0.15, 0.2) is 0 Å². The van der Waals surface area contributed by atoms with Crippen molar-refractivity contribution in [2.24, 2.45) is 0 Å². The van der Waals surface area contributed by atoms with Crippen LogP contribution in [0.15, 0.2) is 48.5 Å². The van der Waals surface area contributed by atoms with Crippen molar-refractivity contribution >= 4 is 24.1 Å². The fourth-order valence-corrected chi connectivity index (χ4v) is 4.40. The quantitative estimate of drug-likeness (QED) is 0.740. The maximum absolute atomic E-state index is 9.17. The average Bonchev–Trinajstić information content (AvgIpc) is 2.90. The van der Waals surface area contributed by atoms with Gasteiger partial charge in [-0.25, -0.2) is 0 Å². The van der Waals surface area contributed by atoms with Gasteiger partial charge in [-0.3, -0.25) is 0 Å². The molecule has 0 atom stereocenters. The SMILES string of the molecule is N#Cc1ccc(-c2cc3ccc(CO)cc3[se]2)cc1. The number of fused-ring (bicyclic) bond motifs is 1. The van der Waals surface area contributed by atoms with Crippen molar-refractivity contribution in [1.29, 1.82) is 5.26 Å². The van der Waals surface area contributed by atoms with Crippen LogP contribution in [0.1, 0.15) is 11.1 Å². The molecule has 19 heavy (non-hydrogen) atoms. The van der Waals surface area contributed by atoms with Crippen LogP contribution in [0.5, 0.6) is 0 Å². The molecule has 92 valence electrons. The van der Waals surface area contributed by atoms with Gasteiger partial charge in [0.05, 0.1) is 0 Å². The van der Waals surface area contributed by atoms with E-state index >= 15 is 0 Å². The number of hydrogen-bond acceptors (Lipinski definition) is 2. The Morgan fingerprint density at radius 2 is 1.84 bits per heavy atom. The van der Waals surface area contributed by atoms with Gasteiger partial charge < -0.3 is 0 Å². The van der Waals surface area contributed by atoms with Gasteiger partial charge in [0.2, 0.25) is 0 Å². The Hall–Kier alpha value is -1.85. The molecule has 0 fully saturated rings. The van der Waals surface area contributed by atoms with E-state index in [1.54, 1.807) is 0 Å². The van der Waals surface area contributed by atoms with Gasteiger partial charge in [-0.05, 0) is 0 Å². The fourth-order valence-electron chi connectivity index (χ4n) is 2.03. The van der Waals surface area contributed by atoms with Crippen LogP contribution >= 0.6 is 0 Å². The van der Waals surface area contributed by atoms with E-state index in [-0.39, 0.29) is 21.1 Å². The van der Waals surface area contributed by atoms with Crippen molar-refractivity contribution in [3.63, 3.8) is 0 Å². The summed E-state index contributed by atoms with van der Waals surface area (Å²) >= 11 is 0.272. The molecule has 1 N–H and O–H groups in total. The molecule has 1 heterocycles. The molecule has 0 spiro atoms. The minimum atomic E-state index is 0.0928. The molecule has 0 radical (unpaired) electrons. The van der Waals surface area contributed by atoms with Gasteiger partial charge in [0.1, 0.15) is 0 Å². The monoisotopic (exact) mass is 313 g/mol. The standard InChI is InChI=1S/C16H11NOSe/c17-9-11-1-4-13(5-2-11)16-8-14-6-3-12(10-18)7-15(14)19-16/h1-8,18H,10H2. The molecule has 0 saturated carbocycles. The van der Waals surface area contributed by atoms with Gasteiger partial charge in [-0.2, -0.15) is 0 Å². The number of hydrogen-bond donors (Lipinski definition) is 1. The number of aliphatic hydroxyl groups is 1. The molecule has 2 nitrogen and oxygen atoms in total. The second kappa shape index (κ2) is 5.03. The second-order valence-electron chi connectivity index (χ2n) is 4.33. The Morgan fingerprint density at radius 1 is 1.05 bits per heavy atom. The number of nitrogens with zero attached hydrogens (tertiary/aromatic N) is 1. The summed E-state index contributed by atoms with van der Waals surface area (Å²) in [7, 11) is 0. The molecule has 0 aliphatic carbocycles. The Bertz CT molecular complexity index is 766. The van der Waals surface area contributed by atoms with E-state index in [0.29, 0.717) is 5.56 Å². The van der Waals surface area contributed by atoms with Crippen LogP contribution in [0, 0.1) is 11.3 Å². The minimum absolute atomic E-state index is 0.0928. The van der Waals surface area contributed by atoms with E-state index in [1.165, 1.54) is 19.6 Å². The van der Waals surface area contributed by atoms with Gasteiger partial charge in [-0.15, -0.1) is 0 Å². The summed E-state index contributed by atoms with van der Waals surface area (Å²) in [6.45, 7) is 0.0928. The van der Waals surface area contributed by atoms with Crippen molar-refractivity contribution in [2.75, 3.05) is 0 Å². The van der Waals surface area contributed by atoms with E-state index < -0.39 is 0 Å². The Morgan fingerprint density at radius 3 is 2.53 bits per heavy atom. The van der Waals surface area contributed by atoms with Crippen LogP contribution in [0.2, 0.25) is 0 Å². The predicted molar refractivity (Wildman–Crippen MR) is 77.0 cm³/mol. The molecule has 3 heteroatoms. The molecule has 0 aliphatic heterocycles. The topological polar surface area (TPSA) is 44.0 Å². The molecule has 2 aromatic carbocycles. The van der Waals surface area contributed by atoms with Crippen molar-refractivity contribution in [1.82, 2.24) is 0 Å². The molecular weight excluding hydrogens is 301 g/mol. The molecule has 0 amide bonds. The zero-order chi connectivity index (χ0) is 13.2. The number of aliphatic hydroxyl groups excluding tert-OH is 1.